The molecule has 7 nitrogen and oxygen atoms in total. The molecular weight excluding hydrogens is 695 g/mol. The molecule has 0 spiro atoms. The largest absolute Gasteiger partial charge is 0.465 e. The second kappa shape index (κ2) is 14.7. The first-order valence-corrected chi connectivity index (χ1v) is 17.2. The number of hydrogen-bond acceptors (Lipinski definition) is 8. The molecule has 0 aliphatic carbocycles. The molecule has 0 atom stereocenters. The summed E-state index contributed by atoms with van der Waals surface area (Å²) < 4.78 is 89.7. The molecule has 0 bridgehead atoms. The normalized spacial score (nSPS) is 16.4. The van der Waals surface area contributed by atoms with Crippen LogP contribution in [0.2, 0.25) is 0 Å². The van der Waals surface area contributed by atoms with Crippen molar-refractivity contribution in [2.75, 3.05) is 40.4 Å². The molecule has 266 valence electrons. The van der Waals surface area contributed by atoms with E-state index in [2.05, 4.69) is 5.32 Å². The Bertz CT molecular complexity index is 1860. The van der Waals surface area contributed by atoms with Crippen molar-refractivity contribution in [3.63, 3.8) is 0 Å². The van der Waals surface area contributed by atoms with E-state index >= 15 is 0 Å². The van der Waals surface area contributed by atoms with Gasteiger partial charge in [-0.1, -0.05) is 24.3 Å². The molecule has 15 heteroatoms. The van der Waals surface area contributed by atoms with Gasteiger partial charge in [0.1, 0.15) is 9.75 Å². The quantitative estimate of drug-likeness (QED) is 0.167. The third-order valence-corrected chi connectivity index (χ3v) is 11.4. The number of alkyl halides is 6. The average molecular weight is 731 g/mol. The van der Waals surface area contributed by atoms with Crippen LogP contribution in [-0.2, 0) is 26.6 Å². The lowest BCUT2D eigenvalue weighted by Gasteiger charge is -2.31. The molecule has 2 aromatic heterocycles. The Morgan fingerprint density at radius 3 is 1.51 bits per heavy atom. The summed E-state index contributed by atoms with van der Waals surface area (Å²) in [5.41, 5.74) is -0.0986. The Morgan fingerprint density at radius 1 is 0.735 bits per heavy atom. The molecule has 0 radical (unpaired) electrons. The number of amides is 1. The summed E-state index contributed by atoms with van der Waals surface area (Å²) in [6.07, 6.45) is -6.13. The second-order valence-electron chi connectivity index (χ2n) is 11.8. The van der Waals surface area contributed by atoms with Crippen LogP contribution in [0, 0.1) is 0 Å². The van der Waals surface area contributed by atoms with E-state index in [0.29, 0.717) is 52.7 Å². The third kappa shape index (κ3) is 7.58. The van der Waals surface area contributed by atoms with Crippen molar-refractivity contribution in [1.82, 2.24) is 10.2 Å². The summed E-state index contributed by atoms with van der Waals surface area (Å²) in [6, 6.07) is 8.16. The lowest BCUT2D eigenvalue weighted by Crippen LogP contribution is -2.36. The Kier molecular flexibility index (Phi) is 10.9. The number of piperidine rings is 2. The Hall–Kier alpha value is -3.69. The van der Waals surface area contributed by atoms with Crippen molar-refractivity contribution < 1.29 is 51.6 Å². The van der Waals surface area contributed by atoms with Crippen LogP contribution in [-0.4, -0.2) is 63.1 Å². The van der Waals surface area contributed by atoms with Gasteiger partial charge in [0.15, 0.2) is 0 Å². The molecule has 0 saturated carbocycles. The maximum Gasteiger partial charge on any atom is 0.417 e. The number of nitrogens with one attached hydrogen (secondary N) is 1. The lowest BCUT2D eigenvalue weighted by molar-refractivity contribution is -0.137. The van der Waals surface area contributed by atoms with E-state index in [0.717, 1.165) is 60.7 Å². The first-order chi connectivity index (χ1) is 23.2. The molecule has 2 aromatic carbocycles. The van der Waals surface area contributed by atoms with Crippen molar-refractivity contribution in [2.45, 2.75) is 56.8 Å². The van der Waals surface area contributed by atoms with Crippen molar-refractivity contribution >= 4 is 60.7 Å². The van der Waals surface area contributed by atoms with Crippen LogP contribution in [0.4, 0.5) is 26.3 Å². The number of esters is 2. The van der Waals surface area contributed by atoms with Crippen LogP contribution < -0.4 is 5.32 Å². The van der Waals surface area contributed by atoms with E-state index in [1.54, 1.807) is 17.0 Å². The minimum Gasteiger partial charge on any atom is -0.465 e. The minimum atomic E-state index is -4.49. The van der Waals surface area contributed by atoms with E-state index in [-0.39, 0.29) is 33.4 Å². The number of fused-ring (bicyclic) bond motifs is 2. The Labute approximate surface area is 287 Å². The topological polar surface area (TPSA) is 84.9 Å². The van der Waals surface area contributed by atoms with Crippen molar-refractivity contribution in [3.8, 4) is 0 Å². The number of halogens is 6. The van der Waals surface area contributed by atoms with E-state index in [4.69, 9.17) is 9.47 Å². The first-order valence-electron chi connectivity index (χ1n) is 15.5. The van der Waals surface area contributed by atoms with Gasteiger partial charge in [-0.05, 0) is 84.6 Å². The number of rotatable bonds is 4. The van der Waals surface area contributed by atoms with E-state index in [9.17, 15) is 40.7 Å². The molecule has 2 aliphatic heterocycles. The van der Waals surface area contributed by atoms with Crippen molar-refractivity contribution in [2.24, 2.45) is 0 Å². The predicted octanol–water partition coefficient (Wildman–Crippen LogP) is 8.85. The zero-order valence-electron chi connectivity index (χ0n) is 26.8. The van der Waals surface area contributed by atoms with Crippen LogP contribution in [0.3, 0.4) is 0 Å². The first kappa shape index (κ1) is 36.6. The van der Waals surface area contributed by atoms with Gasteiger partial charge in [-0.25, -0.2) is 9.59 Å². The fourth-order valence-corrected chi connectivity index (χ4v) is 9.29. The number of ether oxygens (including phenoxy) is 2. The highest BCUT2D eigenvalue weighted by atomic mass is 32.1. The van der Waals surface area contributed by atoms with Gasteiger partial charge in [-0.3, -0.25) is 4.79 Å². The molecule has 4 aromatic rings. The van der Waals surface area contributed by atoms with Crippen molar-refractivity contribution in [1.29, 1.82) is 0 Å². The standard InChI is InChI=1S/C18H18F3NO3S.C16H16F3NO2S.H2/c1-10(23)22-8-6-11(7-9-22)14-12-4-3-5-13(18(19,20)21)15(12)26-16(14)17(24)25-2;1-22-15(21)14-12(9-5-7-20-8-6-9)10-3-2-4-11(13(10)23-14)16(17,18)19;/h3-5,11H,6-9H2,1-2H3;2-4,9,20H,5-8H2,1H3;1H. The zero-order valence-corrected chi connectivity index (χ0v) is 28.5. The number of thiophene rings is 2. The average Bonchev–Trinajstić information content (AvgIpc) is 3.66. The van der Waals surface area contributed by atoms with Gasteiger partial charge < -0.3 is 19.7 Å². The summed E-state index contributed by atoms with van der Waals surface area (Å²) >= 11 is 1.72. The fourth-order valence-electron chi connectivity index (χ4n) is 6.62. The maximum atomic E-state index is 13.4. The van der Waals surface area contributed by atoms with Gasteiger partial charge in [0.25, 0.3) is 0 Å². The van der Waals surface area contributed by atoms with Gasteiger partial charge >= 0.3 is 24.3 Å². The smallest absolute Gasteiger partial charge is 0.417 e. The number of carbonyl (C=O) groups is 3. The number of carbonyl (C=O) groups excluding carboxylic acids is 3. The number of methoxy groups -OCH3 is 2. The highest BCUT2D eigenvalue weighted by Gasteiger charge is 2.38. The molecule has 2 saturated heterocycles. The summed E-state index contributed by atoms with van der Waals surface area (Å²) in [5.74, 6) is -1.22. The molecule has 1 amide bonds. The summed E-state index contributed by atoms with van der Waals surface area (Å²) in [7, 11) is 2.48. The van der Waals surface area contributed by atoms with Gasteiger partial charge in [0, 0.05) is 30.8 Å². The third-order valence-electron chi connectivity index (χ3n) is 8.96. The van der Waals surface area contributed by atoms with Gasteiger partial charge in [0.2, 0.25) is 5.91 Å². The predicted molar refractivity (Wildman–Crippen MR) is 178 cm³/mol. The van der Waals surface area contributed by atoms with Crippen molar-refractivity contribution in [3.05, 3.63) is 68.4 Å². The molecule has 6 rings (SSSR count). The Morgan fingerprint density at radius 2 is 1.14 bits per heavy atom. The van der Waals surface area contributed by atoms with E-state index < -0.39 is 35.4 Å². The SMILES string of the molecule is COC(=O)c1sc2c(C(F)(F)F)cccc2c1C1CCN(C(C)=O)CC1.COC(=O)c1sc2c(C(F)(F)F)cccc2c1C1CCNCC1.[HH]. The van der Waals surface area contributed by atoms with Crippen LogP contribution in [0.25, 0.3) is 20.2 Å². The number of benzene rings is 2. The van der Waals surface area contributed by atoms with E-state index in [1.165, 1.54) is 33.3 Å². The summed E-state index contributed by atoms with van der Waals surface area (Å²) in [5, 5.41) is 4.21. The van der Waals surface area contributed by atoms with Gasteiger partial charge in [0.05, 0.1) is 25.3 Å². The number of nitrogens with zero attached hydrogens (tertiary/aromatic N) is 1. The van der Waals surface area contributed by atoms with Gasteiger partial charge in [-0.2, -0.15) is 26.3 Å². The maximum absolute atomic E-state index is 13.4. The second-order valence-corrected chi connectivity index (χ2v) is 13.9. The van der Waals surface area contributed by atoms with E-state index in [1.807, 2.05) is 0 Å². The highest BCUT2D eigenvalue weighted by molar-refractivity contribution is 7.21. The van der Waals surface area contributed by atoms with Crippen LogP contribution in [0.5, 0.6) is 0 Å². The molecule has 2 fully saturated rings. The lowest BCUT2D eigenvalue weighted by atomic mass is 9.87. The number of hydrogen-bond donors (Lipinski definition) is 1. The number of likely N-dealkylation sites (tertiary alicyclic amines) is 1. The van der Waals surface area contributed by atoms with Crippen LogP contribution >= 0.6 is 22.7 Å². The fraction of sp³-hybridized carbons (Fsp3) is 0.441. The Balaban J connectivity index is 0.000000222. The van der Waals surface area contributed by atoms with Crippen LogP contribution in [0.1, 0.15) is 87.5 Å². The summed E-state index contributed by atoms with van der Waals surface area (Å²) in [6.45, 7) is 4.13. The molecule has 49 heavy (non-hydrogen) atoms. The summed E-state index contributed by atoms with van der Waals surface area (Å²) in [4.78, 5) is 38.1. The molecule has 4 heterocycles. The molecule has 0 unspecified atom stereocenters. The highest BCUT2D eigenvalue weighted by Crippen LogP contribution is 2.47. The molecular formula is C34H36F6N2O5S2. The zero-order chi connectivity index (χ0) is 35.7. The minimum absolute atomic E-state index is 0. The van der Waals surface area contributed by atoms with Crippen LogP contribution in [0.15, 0.2) is 36.4 Å². The monoisotopic (exact) mass is 730 g/mol. The van der Waals surface area contributed by atoms with Gasteiger partial charge in [-0.15, -0.1) is 22.7 Å². The molecule has 1 N–H and O–H groups in total. The molecule has 2 aliphatic rings.